The lowest BCUT2D eigenvalue weighted by molar-refractivity contribution is 0.628. The fourth-order valence-electron chi connectivity index (χ4n) is 3.08. The van der Waals surface area contributed by atoms with Gasteiger partial charge in [-0.05, 0) is 23.3 Å². The normalized spacial score (nSPS) is 10.8. The molecule has 0 saturated carbocycles. The highest BCUT2D eigenvalue weighted by Gasteiger charge is 2.17. The second kappa shape index (κ2) is 7.18. The summed E-state index contributed by atoms with van der Waals surface area (Å²) in [5, 5.41) is 2.41. The van der Waals surface area contributed by atoms with Gasteiger partial charge in [-0.25, -0.2) is 9.37 Å². The van der Waals surface area contributed by atoms with E-state index in [1.165, 1.54) is 23.5 Å². The van der Waals surface area contributed by atoms with Gasteiger partial charge in [0.15, 0.2) is 0 Å². The summed E-state index contributed by atoms with van der Waals surface area (Å²) in [6.45, 7) is 0.155. The minimum absolute atomic E-state index is 0.155. The summed E-state index contributed by atoms with van der Waals surface area (Å²) in [5.41, 5.74) is 2.43. The van der Waals surface area contributed by atoms with E-state index < -0.39 is 0 Å². The summed E-state index contributed by atoms with van der Waals surface area (Å²) in [6, 6.07) is 15.9. The number of hydrogen-bond acceptors (Lipinski definition) is 3. The lowest BCUT2D eigenvalue weighted by Crippen LogP contribution is -2.25. The Morgan fingerprint density at radius 1 is 1.11 bits per heavy atom. The quantitative estimate of drug-likeness (QED) is 0.494. The zero-order chi connectivity index (χ0) is 18.8. The molecule has 0 saturated heterocycles. The van der Waals surface area contributed by atoms with E-state index in [1.807, 2.05) is 35.7 Å². The summed E-state index contributed by atoms with van der Waals surface area (Å²) >= 11 is 1.41. The number of fused-ring (bicyclic) bond motifs is 1. The van der Waals surface area contributed by atoms with E-state index in [2.05, 4.69) is 5.92 Å². The first-order valence-corrected chi connectivity index (χ1v) is 9.29. The van der Waals surface area contributed by atoms with Crippen LogP contribution in [-0.4, -0.2) is 9.55 Å². The third-order valence-electron chi connectivity index (χ3n) is 4.38. The van der Waals surface area contributed by atoms with E-state index in [-0.39, 0.29) is 17.9 Å². The molecule has 4 rings (SSSR count). The Labute approximate surface area is 159 Å². The van der Waals surface area contributed by atoms with Crippen LogP contribution in [0.25, 0.3) is 21.3 Å². The molecule has 4 aromatic rings. The van der Waals surface area contributed by atoms with E-state index in [1.54, 1.807) is 16.7 Å². The lowest BCUT2D eigenvalue weighted by atomic mass is 10.1. The predicted molar refractivity (Wildman–Crippen MR) is 107 cm³/mol. The van der Waals surface area contributed by atoms with Gasteiger partial charge in [-0.3, -0.25) is 9.36 Å². The van der Waals surface area contributed by atoms with Crippen LogP contribution in [0.2, 0.25) is 0 Å². The van der Waals surface area contributed by atoms with Crippen molar-refractivity contribution in [3.05, 3.63) is 87.5 Å². The van der Waals surface area contributed by atoms with E-state index >= 15 is 0 Å². The molecule has 5 heteroatoms. The largest absolute Gasteiger partial charge is 0.284 e. The van der Waals surface area contributed by atoms with Crippen LogP contribution in [0.3, 0.4) is 0 Å². The fourth-order valence-corrected chi connectivity index (χ4v) is 4.03. The molecule has 2 aromatic carbocycles. The Balaban J connectivity index is 1.90. The Morgan fingerprint density at radius 2 is 1.85 bits per heavy atom. The summed E-state index contributed by atoms with van der Waals surface area (Å²) in [4.78, 5) is 18.6. The molecule has 0 amide bonds. The van der Waals surface area contributed by atoms with Gasteiger partial charge >= 0.3 is 0 Å². The van der Waals surface area contributed by atoms with Crippen LogP contribution in [0.5, 0.6) is 0 Å². The van der Waals surface area contributed by atoms with Crippen molar-refractivity contribution in [2.45, 2.75) is 13.0 Å². The summed E-state index contributed by atoms with van der Waals surface area (Å²) in [5.74, 6) is 2.88. The Morgan fingerprint density at radius 3 is 2.56 bits per heavy atom. The average molecular weight is 374 g/mol. The number of rotatable bonds is 4. The number of nitrogens with zero attached hydrogens (tertiary/aromatic N) is 2. The van der Waals surface area contributed by atoms with Gasteiger partial charge in [0.05, 0.1) is 11.9 Å². The third-order valence-corrected chi connectivity index (χ3v) is 5.25. The maximum atomic E-state index is 13.2. The van der Waals surface area contributed by atoms with E-state index in [0.29, 0.717) is 22.5 Å². The molecule has 0 aliphatic carbocycles. The number of halogens is 1. The van der Waals surface area contributed by atoms with Gasteiger partial charge in [0.1, 0.15) is 16.5 Å². The van der Waals surface area contributed by atoms with Gasteiger partial charge in [0.25, 0.3) is 5.56 Å². The minimum Gasteiger partial charge on any atom is -0.284 e. The highest BCUT2D eigenvalue weighted by Crippen LogP contribution is 2.31. The van der Waals surface area contributed by atoms with Crippen molar-refractivity contribution in [3.63, 3.8) is 0 Å². The van der Waals surface area contributed by atoms with Crippen molar-refractivity contribution in [3.8, 4) is 23.5 Å². The second-order valence-corrected chi connectivity index (χ2v) is 6.98. The maximum Gasteiger partial charge on any atom is 0.263 e. The van der Waals surface area contributed by atoms with Gasteiger partial charge in [-0.15, -0.1) is 17.8 Å². The van der Waals surface area contributed by atoms with Crippen LogP contribution in [0.15, 0.2) is 64.8 Å². The first-order valence-electron chi connectivity index (χ1n) is 8.41. The Bertz CT molecular complexity index is 1200. The number of benzene rings is 2. The van der Waals surface area contributed by atoms with Gasteiger partial charge in [0.2, 0.25) is 0 Å². The molecule has 132 valence electrons. The van der Waals surface area contributed by atoms with Crippen LogP contribution < -0.4 is 5.56 Å². The standard InChI is InChI=1S/C22H15FN2OS/c1-2-12-25-19(13-15-6-4-3-5-7-15)24-21-20(22(25)26)18(14-27-21)16-8-10-17(23)11-9-16/h1,3-11,14H,12-13H2. The van der Waals surface area contributed by atoms with Crippen molar-refractivity contribution in [2.75, 3.05) is 0 Å². The topological polar surface area (TPSA) is 34.9 Å². The molecule has 0 unspecified atom stereocenters. The molecule has 0 N–H and O–H groups in total. The van der Waals surface area contributed by atoms with Crippen LogP contribution in [-0.2, 0) is 13.0 Å². The van der Waals surface area contributed by atoms with Crippen LogP contribution in [0.4, 0.5) is 4.39 Å². The number of terminal acetylenes is 1. The second-order valence-electron chi connectivity index (χ2n) is 6.12. The molecule has 0 bridgehead atoms. The van der Waals surface area contributed by atoms with Crippen molar-refractivity contribution >= 4 is 21.6 Å². The molecule has 0 aliphatic rings. The number of thiophene rings is 1. The monoisotopic (exact) mass is 374 g/mol. The van der Waals surface area contributed by atoms with Gasteiger partial charge in [0, 0.05) is 17.4 Å². The molecule has 0 atom stereocenters. The molecule has 0 fully saturated rings. The van der Waals surface area contributed by atoms with Crippen LogP contribution in [0, 0.1) is 18.2 Å². The van der Waals surface area contributed by atoms with E-state index in [9.17, 15) is 9.18 Å². The van der Waals surface area contributed by atoms with Gasteiger partial charge in [-0.2, -0.15) is 0 Å². The molecular formula is C22H15FN2OS. The number of hydrogen-bond donors (Lipinski definition) is 0. The van der Waals surface area contributed by atoms with Crippen molar-refractivity contribution in [2.24, 2.45) is 0 Å². The summed E-state index contributed by atoms with van der Waals surface area (Å²) in [7, 11) is 0. The highest BCUT2D eigenvalue weighted by molar-refractivity contribution is 7.17. The molecule has 0 aliphatic heterocycles. The van der Waals surface area contributed by atoms with Gasteiger partial charge < -0.3 is 0 Å². The molecule has 2 heterocycles. The van der Waals surface area contributed by atoms with E-state index in [0.717, 1.165) is 16.7 Å². The Hall–Kier alpha value is -3.23. The summed E-state index contributed by atoms with van der Waals surface area (Å²) < 4.78 is 14.8. The molecular weight excluding hydrogens is 359 g/mol. The third kappa shape index (κ3) is 3.27. The smallest absolute Gasteiger partial charge is 0.263 e. The number of aromatic nitrogens is 2. The minimum atomic E-state index is -0.314. The van der Waals surface area contributed by atoms with Crippen molar-refractivity contribution < 1.29 is 4.39 Å². The molecule has 2 aromatic heterocycles. The van der Waals surface area contributed by atoms with Crippen molar-refractivity contribution in [1.82, 2.24) is 9.55 Å². The maximum absolute atomic E-state index is 13.2. The van der Waals surface area contributed by atoms with Crippen molar-refractivity contribution in [1.29, 1.82) is 0 Å². The summed E-state index contributed by atoms with van der Waals surface area (Å²) in [6.07, 6.45) is 6.03. The molecule has 3 nitrogen and oxygen atoms in total. The fraction of sp³-hybridized carbons (Fsp3) is 0.0909. The van der Waals surface area contributed by atoms with Crippen LogP contribution in [0.1, 0.15) is 11.4 Å². The SMILES string of the molecule is C#CCn1c(Cc2ccccc2)nc2scc(-c3ccc(F)cc3)c2c1=O. The van der Waals surface area contributed by atoms with Crippen LogP contribution >= 0.6 is 11.3 Å². The Kier molecular flexibility index (Phi) is 4.57. The predicted octanol–water partition coefficient (Wildman–Crippen LogP) is 4.49. The first-order chi connectivity index (χ1) is 13.2. The molecule has 27 heavy (non-hydrogen) atoms. The first kappa shape index (κ1) is 17.2. The zero-order valence-corrected chi connectivity index (χ0v) is 15.2. The average Bonchev–Trinajstić information content (AvgIpc) is 3.10. The molecule has 0 spiro atoms. The molecule has 0 radical (unpaired) electrons. The van der Waals surface area contributed by atoms with E-state index in [4.69, 9.17) is 11.4 Å². The lowest BCUT2D eigenvalue weighted by Gasteiger charge is -2.11. The zero-order valence-electron chi connectivity index (χ0n) is 14.4. The highest BCUT2D eigenvalue weighted by atomic mass is 32.1. The van der Waals surface area contributed by atoms with Gasteiger partial charge in [-0.1, -0.05) is 48.4 Å².